The van der Waals surface area contributed by atoms with Gasteiger partial charge in [0.2, 0.25) is 0 Å². The van der Waals surface area contributed by atoms with Crippen LogP contribution >= 0.6 is 0 Å². The molecule has 0 spiro atoms. The molecule has 2 aliphatic heterocycles. The van der Waals surface area contributed by atoms with Crippen molar-refractivity contribution in [3.63, 3.8) is 0 Å². The monoisotopic (exact) mass is 408 g/mol. The van der Waals surface area contributed by atoms with Gasteiger partial charge in [-0.3, -0.25) is 0 Å². The van der Waals surface area contributed by atoms with Crippen molar-refractivity contribution in [2.45, 2.75) is 51.4 Å². The third-order valence-corrected chi connectivity index (χ3v) is 5.61. The molecule has 2 aliphatic rings. The summed E-state index contributed by atoms with van der Waals surface area (Å²) in [7, 11) is 1.64. The molecule has 2 N–H and O–H groups in total. The predicted octanol–water partition coefficient (Wildman–Crippen LogP) is 4.15. The number of fused-ring (bicyclic) bond motifs is 1. The zero-order chi connectivity index (χ0) is 21.1. The second-order valence-electron chi connectivity index (χ2n) is 8.35. The Hall–Kier alpha value is -2.82. The first-order valence-corrected chi connectivity index (χ1v) is 10.4. The van der Waals surface area contributed by atoms with Gasteiger partial charge in [0.1, 0.15) is 17.6 Å². The molecule has 30 heavy (non-hydrogen) atoms. The molecule has 7 nitrogen and oxygen atoms in total. The Morgan fingerprint density at radius 3 is 2.70 bits per heavy atom. The highest BCUT2D eigenvalue weighted by molar-refractivity contribution is 5.70. The van der Waals surface area contributed by atoms with E-state index in [4.69, 9.17) is 19.2 Å². The summed E-state index contributed by atoms with van der Waals surface area (Å²) in [6.45, 7) is 6.03. The fraction of sp³-hybridized carbons (Fsp3) is 0.478. The Labute approximate surface area is 177 Å². The number of methoxy groups -OCH3 is 1. The maximum atomic E-state index is 9.97. The molecule has 1 aromatic heterocycles. The van der Waals surface area contributed by atoms with E-state index in [1.807, 2.05) is 38.1 Å². The molecular formula is C23H28N4O3. The number of aromatic nitrogens is 1. The summed E-state index contributed by atoms with van der Waals surface area (Å²) < 4.78 is 17.0. The van der Waals surface area contributed by atoms with E-state index < -0.39 is 0 Å². The summed E-state index contributed by atoms with van der Waals surface area (Å²) in [5.41, 5.74) is 3.04. The van der Waals surface area contributed by atoms with Gasteiger partial charge in [0, 0.05) is 30.8 Å². The zero-order valence-electron chi connectivity index (χ0n) is 17.7. The Morgan fingerprint density at radius 2 is 2.03 bits per heavy atom. The van der Waals surface area contributed by atoms with Crippen LogP contribution in [0, 0.1) is 11.3 Å². The summed E-state index contributed by atoms with van der Waals surface area (Å²) >= 11 is 0. The number of hydrogen-bond acceptors (Lipinski definition) is 7. The van der Waals surface area contributed by atoms with Gasteiger partial charge in [0.25, 0.3) is 0 Å². The number of nitriles is 1. The number of pyridine rings is 1. The summed E-state index contributed by atoms with van der Waals surface area (Å²) in [6.07, 6.45) is 2.98. The highest BCUT2D eigenvalue weighted by atomic mass is 16.5. The summed E-state index contributed by atoms with van der Waals surface area (Å²) in [6, 6.07) is 9.94. The average Bonchev–Trinajstić information content (AvgIpc) is 3.25. The average molecular weight is 409 g/mol. The smallest absolute Gasteiger partial charge is 0.151 e. The summed E-state index contributed by atoms with van der Waals surface area (Å²) in [5.74, 6) is 2.08. The van der Waals surface area contributed by atoms with Crippen molar-refractivity contribution < 1.29 is 14.2 Å². The highest BCUT2D eigenvalue weighted by Gasteiger charge is 2.32. The van der Waals surface area contributed by atoms with Gasteiger partial charge in [0.05, 0.1) is 31.0 Å². The molecule has 0 saturated carbocycles. The van der Waals surface area contributed by atoms with Crippen LogP contribution in [-0.4, -0.2) is 37.0 Å². The standard InChI is InChI=1S/C23H28N4O3/c1-23(2)11-18-19(12-24)22(26-15-6-8-16(28-3)9-7-15)27-21(20(18)14-30-23)25-13-17-5-4-10-29-17/h6-9,17H,4-5,10-11,13-14H2,1-3H3,(H2,25,26,27). The van der Waals surface area contributed by atoms with Gasteiger partial charge in [-0.15, -0.1) is 0 Å². The highest BCUT2D eigenvalue weighted by Crippen LogP contribution is 2.37. The van der Waals surface area contributed by atoms with Crippen molar-refractivity contribution >= 4 is 17.3 Å². The van der Waals surface area contributed by atoms with Gasteiger partial charge >= 0.3 is 0 Å². The van der Waals surface area contributed by atoms with E-state index in [0.29, 0.717) is 31.0 Å². The quantitative estimate of drug-likeness (QED) is 0.742. The third-order valence-electron chi connectivity index (χ3n) is 5.61. The maximum Gasteiger partial charge on any atom is 0.151 e. The van der Waals surface area contributed by atoms with Crippen LogP contribution in [0.4, 0.5) is 17.3 Å². The van der Waals surface area contributed by atoms with Crippen LogP contribution in [0.5, 0.6) is 5.75 Å². The minimum absolute atomic E-state index is 0.192. The molecule has 0 aliphatic carbocycles. The van der Waals surface area contributed by atoms with E-state index in [1.165, 1.54) is 0 Å². The molecule has 3 heterocycles. The first-order valence-electron chi connectivity index (χ1n) is 10.4. The fourth-order valence-corrected chi connectivity index (χ4v) is 3.95. The molecule has 158 valence electrons. The van der Waals surface area contributed by atoms with Crippen LogP contribution in [0.15, 0.2) is 24.3 Å². The number of nitrogens with one attached hydrogen (secondary N) is 2. The molecule has 4 rings (SSSR count). The van der Waals surface area contributed by atoms with Crippen LogP contribution in [-0.2, 0) is 22.5 Å². The molecular weight excluding hydrogens is 380 g/mol. The fourth-order valence-electron chi connectivity index (χ4n) is 3.95. The molecule has 1 atom stereocenters. The minimum Gasteiger partial charge on any atom is -0.497 e. The van der Waals surface area contributed by atoms with Crippen molar-refractivity contribution in [3.05, 3.63) is 41.0 Å². The van der Waals surface area contributed by atoms with E-state index >= 15 is 0 Å². The second-order valence-corrected chi connectivity index (χ2v) is 8.35. The molecule has 0 amide bonds. The van der Waals surface area contributed by atoms with Crippen molar-refractivity contribution in [2.75, 3.05) is 30.9 Å². The Balaban J connectivity index is 1.69. The SMILES string of the molecule is COc1ccc(Nc2nc(NCC3CCCO3)c3c(c2C#N)CC(C)(C)OC3)cc1. The van der Waals surface area contributed by atoms with Crippen molar-refractivity contribution in [1.82, 2.24) is 4.98 Å². The number of hydrogen-bond donors (Lipinski definition) is 2. The Kier molecular flexibility index (Phi) is 5.80. The van der Waals surface area contributed by atoms with Gasteiger partial charge in [-0.2, -0.15) is 5.26 Å². The Morgan fingerprint density at radius 1 is 1.23 bits per heavy atom. The van der Waals surface area contributed by atoms with Crippen LogP contribution in [0.25, 0.3) is 0 Å². The van der Waals surface area contributed by atoms with Crippen molar-refractivity contribution in [2.24, 2.45) is 0 Å². The lowest BCUT2D eigenvalue weighted by Crippen LogP contribution is -2.33. The van der Waals surface area contributed by atoms with Gasteiger partial charge in [0.15, 0.2) is 5.82 Å². The van der Waals surface area contributed by atoms with Gasteiger partial charge in [-0.25, -0.2) is 4.98 Å². The maximum absolute atomic E-state index is 9.97. The zero-order valence-corrected chi connectivity index (χ0v) is 17.7. The topological polar surface area (TPSA) is 88.4 Å². The number of nitrogens with zero attached hydrogens (tertiary/aromatic N) is 2. The number of anilines is 3. The molecule has 0 bridgehead atoms. The summed E-state index contributed by atoms with van der Waals surface area (Å²) in [4.78, 5) is 4.79. The molecule has 1 saturated heterocycles. The first-order chi connectivity index (χ1) is 14.5. The van der Waals surface area contributed by atoms with E-state index in [9.17, 15) is 5.26 Å². The van der Waals surface area contributed by atoms with Crippen LogP contribution in [0.3, 0.4) is 0 Å². The molecule has 1 unspecified atom stereocenters. The van der Waals surface area contributed by atoms with E-state index in [2.05, 4.69) is 16.7 Å². The molecule has 0 radical (unpaired) electrons. The lowest BCUT2D eigenvalue weighted by Gasteiger charge is -2.34. The molecule has 1 fully saturated rings. The van der Waals surface area contributed by atoms with Gasteiger partial charge < -0.3 is 24.8 Å². The Bertz CT molecular complexity index is 944. The van der Waals surface area contributed by atoms with E-state index in [1.54, 1.807) is 7.11 Å². The van der Waals surface area contributed by atoms with Crippen LogP contribution in [0.2, 0.25) is 0 Å². The van der Waals surface area contributed by atoms with E-state index in [0.717, 1.165) is 47.8 Å². The van der Waals surface area contributed by atoms with Crippen molar-refractivity contribution in [1.29, 1.82) is 5.26 Å². The third kappa shape index (κ3) is 4.35. The summed E-state index contributed by atoms with van der Waals surface area (Å²) in [5, 5.41) is 16.7. The van der Waals surface area contributed by atoms with Crippen LogP contribution < -0.4 is 15.4 Å². The largest absolute Gasteiger partial charge is 0.497 e. The predicted molar refractivity (Wildman–Crippen MR) is 115 cm³/mol. The second kappa shape index (κ2) is 8.50. The van der Waals surface area contributed by atoms with Crippen LogP contribution in [0.1, 0.15) is 43.4 Å². The lowest BCUT2D eigenvalue weighted by molar-refractivity contribution is -0.0399. The van der Waals surface area contributed by atoms with Gasteiger partial charge in [-0.1, -0.05) is 0 Å². The minimum atomic E-state index is -0.330. The number of benzene rings is 1. The first kappa shape index (κ1) is 20.5. The van der Waals surface area contributed by atoms with E-state index in [-0.39, 0.29) is 11.7 Å². The molecule has 1 aromatic carbocycles. The van der Waals surface area contributed by atoms with Gasteiger partial charge in [-0.05, 0) is 56.5 Å². The molecule has 7 heteroatoms. The molecule has 2 aromatic rings. The lowest BCUT2D eigenvalue weighted by atomic mass is 9.89. The number of rotatable bonds is 6. The normalized spacial score (nSPS) is 19.6. The number of ether oxygens (including phenoxy) is 3. The van der Waals surface area contributed by atoms with Crippen molar-refractivity contribution in [3.8, 4) is 11.8 Å².